The Morgan fingerprint density at radius 1 is 1.37 bits per heavy atom. The molecule has 1 aromatic carbocycles. The summed E-state index contributed by atoms with van der Waals surface area (Å²) in [6.45, 7) is 0. The van der Waals surface area contributed by atoms with E-state index in [4.69, 9.17) is 17.4 Å². The molecule has 2 aromatic rings. The second-order valence-electron chi connectivity index (χ2n) is 4.80. The van der Waals surface area contributed by atoms with E-state index in [1.54, 1.807) is 6.20 Å². The number of aryl methyl sites for hydroxylation is 1. The number of fused-ring (bicyclic) bond motifs is 1. The molecule has 1 aliphatic rings. The molecule has 1 atom stereocenters. The second kappa shape index (κ2) is 5.01. The third-order valence-corrected chi connectivity index (χ3v) is 4.03. The average molecular weight is 273 g/mol. The normalized spacial score (nSPS) is 18.6. The summed E-state index contributed by atoms with van der Waals surface area (Å²) in [6, 6.07) is 8.86. The Morgan fingerprint density at radius 2 is 2.16 bits per heavy atom. The highest BCUT2D eigenvalue weighted by atomic mass is 32.1. The smallest absolute Gasteiger partial charge is 0.177 e. The minimum Gasteiger partial charge on any atom is -0.411 e. The van der Waals surface area contributed by atoms with Gasteiger partial charge in [0.15, 0.2) is 4.77 Å². The van der Waals surface area contributed by atoms with Crippen LogP contribution in [0.3, 0.4) is 0 Å². The van der Waals surface area contributed by atoms with Gasteiger partial charge in [-0.1, -0.05) is 29.4 Å². The van der Waals surface area contributed by atoms with E-state index in [2.05, 4.69) is 34.4 Å². The highest BCUT2D eigenvalue weighted by molar-refractivity contribution is 7.71. The maximum absolute atomic E-state index is 8.72. The van der Waals surface area contributed by atoms with E-state index in [9.17, 15) is 0 Å². The van der Waals surface area contributed by atoms with E-state index in [0.717, 1.165) is 25.0 Å². The largest absolute Gasteiger partial charge is 0.411 e. The number of nitrogens with zero attached hydrogens (tertiary/aromatic N) is 2. The molecule has 1 aromatic heterocycles. The van der Waals surface area contributed by atoms with E-state index < -0.39 is 0 Å². The van der Waals surface area contributed by atoms with Crippen molar-refractivity contribution in [3.05, 3.63) is 52.1 Å². The molecule has 0 bridgehead atoms. The third kappa shape index (κ3) is 2.21. The molecule has 4 nitrogen and oxygen atoms in total. The number of H-pyrrole nitrogens is 1. The highest BCUT2D eigenvalue weighted by Crippen LogP contribution is 2.29. The van der Waals surface area contributed by atoms with Crippen LogP contribution in [0.5, 0.6) is 0 Å². The number of nitrogens with one attached hydrogen (secondary N) is 1. The zero-order chi connectivity index (χ0) is 13.2. The summed E-state index contributed by atoms with van der Waals surface area (Å²) in [5.41, 5.74) is 3.63. The van der Waals surface area contributed by atoms with Gasteiger partial charge in [-0.2, -0.15) is 0 Å². The highest BCUT2D eigenvalue weighted by Gasteiger charge is 2.21. The molecule has 5 heteroatoms. The number of hydrogen-bond acceptors (Lipinski definition) is 3. The number of aromatic nitrogens is 2. The molecule has 3 rings (SSSR count). The summed E-state index contributed by atoms with van der Waals surface area (Å²) in [5.74, 6) is 0. The molecule has 0 spiro atoms. The lowest BCUT2D eigenvalue weighted by Gasteiger charge is -2.26. The zero-order valence-electron chi connectivity index (χ0n) is 10.4. The van der Waals surface area contributed by atoms with Gasteiger partial charge in [0.1, 0.15) is 0 Å². The summed E-state index contributed by atoms with van der Waals surface area (Å²) in [4.78, 5) is 3.02. The van der Waals surface area contributed by atoms with Crippen molar-refractivity contribution in [1.82, 2.24) is 9.55 Å². The molecule has 0 amide bonds. The molecule has 0 aliphatic heterocycles. The van der Waals surface area contributed by atoms with Gasteiger partial charge in [-0.15, -0.1) is 0 Å². The molecule has 0 saturated carbocycles. The van der Waals surface area contributed by atoms with Crippen LogP contribution >= 0.6 is 12.2 Å². The number of aromatic amines is 1. The van der Waals surface area contributed by atoms with Gasteiger partial charge in [-0.3, -0.25) is 0 Å². The second-order valence-corrected chi connectivity index (χ2v) is 5.19. The van der Waals surface area contributed by atoms with Gasteiger partial charge in [0.05, 0.1) is 11.9 Å². The van der Waals surface area contributed by atoms with Gasteiger partial charge in [-0.25, -0.2) is 0 Å². The molecule has 19 heavy (non-hydrogen) atoms. The fraction of sp³-hybridized carbons (Fsp3) is 0.286. The maximum Gasteiger partial charge on any atom is 0.177 e. The molecule has 0 saturated heterocycles. The summed E-state index contributed by atoms with van der Waals surface area (Å²) >= 11 is 5.33. The van der Waals surface area contributed by atoms with Gasteiger partial charge < -0.3 is 14.8 Å². The Morgan fingerprint density at radius 3 is 2.95 bits per heavy atom. The van der Waals surface area contributed by atoms with Crippen LogP contribution in [0.25, 0.3) is 0 Å². The van der Waals surface area contributed by atoms with Gasteiger partial charge in [0.2, 0.25) is 0 Å². The summed E-state index contributed by atoms with van der Waals surface area (Å²) in [5, 5.41) is 11.8. The van der Waals surface area contributed by atoms with Gasteiger partial charge in [-0.05, 0) is 42.6 Å². The predicted octanol–water partition coefficient (Wildman–Crippen LogP) is 3.08. The molecule has 2 N–H and O–H groups in total. The van der Waals surface area contributed by atoms with Crippen LogP contribution in [0, 0.1) is 4.77 Å². The van der Waals surface area contributed by atoms with Crippen molar-refractivity contribution in [2.45, 2.75) is 25.3 Å². The third-order valence-electron chi connectivity index (χ3n) is 3.72. The first kappa shape index (κ1) is 12.2. The van der Waals surface area contributed by atoms with E-state index in [1.807, 2.05) is 4.57 Å². The number of benzene rings is 1. The quantitative estimate of drug-likeness (QED) is 0.382. The number of oxime groups is 1. The van der Waals surface area contributed by atoms with Crippen molar-refractivity contribution < 1.29 is 5.21 Å². The van der Waals surface area contributed by atoms with Gasteiger partial charge >= 0.3 is 0 Å². The van der Waals surface area contributed by atoms with Crippen molar-refractivity contribution in [1.29, 1.82) is 0 Å². The first-order valence-corrected chi connectivity index (χ1v) is 6.74. The molecule has 98 valence electrons. The van der Waals surface area contributed by atoms with Crippen LogP contribution in [0.4, 0.5) is 0 Å². The molecule has 1 heterocycles. The van der Waals surface area contributed by atoms with Gasteiger partial charge in [0, 0.05) is 12.2 Å². The minimum absolute atomic E-state index is 0.321. The van der Waals surface area contributed by atoms with Crippen molar-refractivity contribution in [2.75, 3.05) is 0 Å². The molecule has 0 fully saturated rings. The summed E-state index contributed by atoms with van der Waals surface area (Å²) in [6.07, 6.45) is 6.28. The lowest BCUT2D eigenvalue weighted by molar-refractivity contribution is 0.321. The predicted molar refractivity (Wildman–Crippen MR) is 76.5 cm³/mol. The summed E-state index contributed by atoms with van der Waals surface area (Å²) in [7, 11) is 0. The molecular formula is C14H15N3OS. The van der Waals surface area contributed by atoms with Crippen LogP contribution in [-0.4, -0.2) is 21.0 Å². The Hall–Kier alpha value is -1.88. The standard InChI is InChI=1S/C14H15N3OS/c18-16-9-13-8-15-14(19)17(13)12-6-5-10-3-1-2-4-11(10)7-12/h1-4,8-9,12,18H,5-7H2,(H,15,19)/b16-9+. The molecular weight excluding hydrogens is 258 g/mol. The Bertz CT molecular complexity index is 671. The van der Waals surface area contributed by atoms with Crippen LogP contribution in [0.2, 0.25) is 0 Å². The molecule has 1 unspecified atom stereocenters. The van der Waals surface area contributed by atoms with Crippen LogP contribution in [0.15, 0.2) is 35.6 Å². The Kier molecular flexibility index (Phi) is 3.21. The van der Waals surface area contributed by atoms with Gasteiger partial charge in [0.25, 0.3) is 0 Å². The first-order valence-electron chi connectivity index (χ1n) is 6.33. The van der Waals surface area contributed by atoms with E-state index >= 15 is 0 Å². The lowest BCUT2D eigenvalue weighted by Crippen LogP contribution is -2.20. The van der Waals surface area contributed by atoms with Crippen molar-refractivity contribution >= 4 is 18.4 Å². The minimum atomic E-state index is 0.321. The number of imidazole rings is 1. The fourth-order valence-electron chi connectivity index (χ4n) is 2.83. The maximum atomic E-state index is 8.72. The molecule has 0 radical (unpaired) electrons. The Balaban J connectivity index is 1.97. The topological polar surface area (TPSA) is 53.3 Å². The van der Waals surface area contributed by atoms with Crippen molar-refractivity contribution in [3.63, 3.8) is 0 Å². The van der Waals surface area contributed by atoms with Crippen molar-refractivity contribution in [2.24, 2.45) is 5.16 Å². The zero-order valence-corrected chi connectivity index (χ0v) is 11.2. The monoisotopic (exact) mass is 273 g/mol. The SMILES string of the molecule is O/N=C/c1c[nH]c(=S)n1C1CCc2ccccc2C1. The number of rotatable bonds is 2. The van der Waals surface area contributed by atoms with E-state index in [0.29, 0.717) is 10.8 Å². The fourth-order valence-corrected chi connectivity index (χ4v) is 3.14. The van der Waals surface area contributed by atoms with Crippen molar-refractivity contribution in [3.8, 4) is 0 Å². The van der Waals surface area contributed by atoms with E-state index in [-0.39, 0.29) is 0 Å². The van der Waals surface area contributed by atoms with Crippen LogP contribution in [-0.2, 0) is 12.8 Å². The van der Waals surface area contributed by atoms with E-state index in [1.165, 1.54) is 17.3 Å². The average Bonchev–Trinajstić information content (AvgIpc) is 2.80. The Labute approximate surface area is 116 Å². The first-order chi connectivity index (χ1) is 9.29. The van der Waals surface area contributed by atoms with Crippen LogP contribution in [0.1, 0.15) is 29.3 Å². The van der Waals surface area contributed by atoms with Crippen LogP contribution < -0.4 is 0 Å². The summed E-state index contributed by atoms with van der Waals surface area (Å²) < 4.78 is 2.73. The molecule has 1 aliphatic carbocycles. The lowest BCUT2D eigenvalue weighted by atomic mass is 9.88. The number of hydrogen-bond donors (Lipinski definition) is 2.